The van der Waals surface area contributed by atoms with Gasteiger partial charge in [0.05, 0.1) is 11.4 Å². The van der Waals surface area contributed by atoms with Gasteiger partial charge in [-0.05, 0) is 43.7 Å². The molecular formula is C18H22N2. The van der Waals surface area contributed by atoms with E-state index in [-0.39, 0.29) is 6.17 Å². The summed E-state index contributed by atoms with van der Waals surface area (Å²) in [5.41, 5.74) is 4.55. The molecule has 1 heterocycles. The normalized spacial score (nSPS) is 19.1. The predicted octanol–water partition coefficient (Wildman–Crippen LogP) is 4.31. The van der Waals surface area contributed by atoms with Crippen molar-refractivity contribution in [3.63, 3.8) is 0 Å². The fourth-order valence-electron chi connectivity index (χ4n) is 2.73. The summed E-state index contributed by atoms with van der Waals surface area (Å²) in [4.78, 5) is 4.52. The minimum atomic E-state index is 0.122. The Morgan fingerprint density at radius 3 is 2.35 bits per heavy atom. The number of para-hydroxylation sites is 1. The van der Waals surface area contributed by atoms with Gasteiger partial charge >= 0.3 is 0 Å². The highest BCUT2D eigenvalue weighted by Gasteiger charge is 2.34. The second-order valence-electron chi connectivity index (χ2n) is 5.01. The summed E-state index contributed by atoms with van der Waals surface area (Å²) in [6, 6.07) is 10.4. The fraction of sp³-hybridized carbons (Fsp3) is 0.222. The lowest BCUT2D eigenvalue weighted by molar-refractivity contribution is 0.382. The van der Waals surface area contributed by atoms with E-state index < -0.39 is 0 Å². The molecule has 0 spiro atoms. The highest BCUT2D eigenvalue weighted by Crippen LogP contribution is 2.36. The SMILES string of the molecule is C=CC1=C(/C=C\C)N(c2ccccc2)C(C(=C)C)N1C. The smallest absolute Gasteiger partial charge is 0.128 e. The lowest BCUT2D eigenvalue weighted by atomic mass is 10.2. The van der Waals surface area contributed by atoms with Crippen molar-refractivity contribution in [1.29, 1.82) is 0 Å². The number of anilines is 1. The molecule has 0 amide bonds. The van der Waals surface area contributed by atoms with Crippen LogP contribution >= 0.6 is 0 Å². The predicted molar refractivity (Wildman–Crippen MR) is 87.3 cm³/mol. The number of hydrogen-bond acceptors (Lipinski definition) is 2. The van der Waals surface area contributed by atoms with Crippen LogP contribution < -0.4 is 4.90 Å². The molecule has 1 aliphatic rings. The summed E-state index contributed by atoms with van der Waals surface area (Å²) < 4.78 is 0. The van der Waals surface area contributed by atoms with Gasteiger partial charge < -0.3 is 9.80 Å². The van der Waals surface area contributed by atoms with E-state index in [1.807, 2.05) is 19.1 Å². The number of allylic oxidation sites excluding steroid dienone is 3. The topological polar surface area (TPSA) is 6.48 Å². The second-order valence-corrected chi connectivity index (χ2v) is 5.01. The van der Waals surface area contributed by atoms with Gasteiger partial charge in [0, 0.05) is 12.7 Å². The highest BCUT2D eigenvalue weighted by molar-refractivity contribution is 5.62. The molecule has 0 aromatic heterocycles. The molecule has 2 rings (SSSR count). The van der Waals surface area contributed by atoms with Gasteiger partial charge in [0.25, 0.3) is 0 Å². The number of likely N-dealkylation sites (N-methyl/N-ethyl adjacent to an activating group) is 1. The van der Waals surface area contributed by atoms with Crippen LogP contribution in [0.15, 0.2) is 78.7 Å². The molecular weight excluding hydrogens is 244 g/mol. The third-order valence-electron chi connectivity index (χ3n) is 3.51. The van der Waals surface area contributed by atoms with E-state index in [0.29, 0.717) is 0 Å². The first kappa shape index (κ1) is 14.2. The summed E-state index contributed by atoms with van der Waals surface area (Å²) in [6.07, 6.45) is 6.22. The summed E-state index contributed by atoms with van der Waals surface area (Å²) >= 11 is 0. The van der Waals surface area contributed by atoms with Gasteiger partial charge in [-0.1, -0.05) is 37.4 Å². The number of benzene rings is 1. The van der Waals surface area contributed by atoms with E-state index in [2.05, 4.69) is 73.3 Å². The first-order valence-corrected chi connectivity index (χ1v) is 6.83. The van der Waals surface area contributed by atoms with Gasteiger partial charge in [-0.2, -0.15) is 0 Å². The summed E-state index contributed by atoms with van der Waals surface area (Å²) in [5.74, 6) is 0. The molecule has 0 saturated carbocycles. The highest BCUT2D eigenvalue weighted by atomic mass is 15.4. The molecule has 1 aromatic carbocycles. The van der Waals surface area contributed by atoms with Crippen molar-refractivity contribution in [3.05, 3.63) is 78.7 Å². The van der Waals surface area contributed by atoms with Crippen LogP contribution in [-0.2, 0) is 0 Å². The molecule has 0 N–H and O–H groups in total. The van der Waals surface area contributed by atoms with Gasteiger partial charge in [0.1, 0.15) is 6.17 Å². The third-order valence-corrected chi connectivity index (χ3v) is 3.51. The monoisotopic (exact) mass is 266 g/mol. The Morgan fingerprint density at radius 2 is 1.85 bits per heavy atom. The molecule has 1 aliphatic heterocycles. The van der Waals surface area contributed by atoms with E-state index in [1.165, 1.54) is 0 Å². The van der Waals surface area contributed by atoms with E-state index in [1.54, 1.807) is 0 Å². The van der Waals surface area contributed by atoms with Crippen LogP contribution in [0.5, 0.6) is 0 Å². The van der Waals surface area contributed by atoms with Crippen molar-refractivity contribution in [3.8, 4) is 0 Å². The molecule has 104 valence electrons. The standard InChI is InChI=1S/C18H22N2/c1-6-11-17-16(7-2)19(5)18(14(3)4)20(17)15-12-9-8-10-13-15/h6-13,18H,2-3H2,1,4-5H3/b11-6-. The van der Waals surface area contributed by atoms with Gasteiger partial charge in [-0.3, -0.25) is 0 Å². The van der Waals surface area contributed by atoms with E-state index in [9.17, 15) is 0 Å². The van der Waals surface area contributed by atoms with Crippen LogP contribution in [0.3, 0.4) is 0 Å². The van der Waals surface area contributed by atoms with Crippen molar-refractivity contribution in [2.24, 2.45) is 0 Å². The maximum absolute atomic E-state index is 4.16. The van der Waals surface area contributed by atoms with E-state index in [0.717, 1.165) is 22.7 Å². The number of hydrogen-bond donors (Lipinski definition) is 0. The number of rotatable bonds is 4. The Hall–Kier alpha value is -2.22. The minimum Gasteiger partial charge on any atom is -0.349 e. The van der Waals surface area contributed by atoms with Crippen molar-refractivity contribution >= 4 is 5.69 Å². The summed E-state index contributed by atoms with van der Waals surface area (Å²) in [5, 5.41) is 0. The molecule has 0 radical (unpaired) electrons. The van der Waals surface area contributed by atoms with Crippen molar-refractivity contribution < 1.29 is 0 Å². The zero-order valence-electron chi connectivity index (χ0n) is 12.5. The molecule has 2 heteroatoms. The first-order valence-electron chi connectivity index (χ1n) is 6.83. The third kappa shape index (κ3) is 2.29. The van der Waals surface area contributed by atoms with Crippen molar-refractivity contribution in [2.45, 2.75) is 20.0 Å². The van der Waals surface area contributed by atoms with Crippen molar-refractivity contribution in [1.82, 2.24) is 4.90 Å². The Morgan fingerprint density at radius 1 is 1.20 bits per heavy atom. The molecule has 20 heavy (non-hydrogen) atoms. The molecule has 1 atom stereocenters. The van der Waals surface area contributed by atoms with Gasteiger partial charge in [0.2, 0.25) is 0 Å². The van der Waals surface area contributed by atoms with Crippen LogP contribution in [0.4, 0.5) is 5.69 Å². The molecule has 2 nitrogen and oxygen atoms in total. The second kappa shape index (κ2) is 5.83. The maximum Gasteiger partial charge on any atom is 0.128 e. The zero-order chi connectivity index (χ0) is 14.7. The number of nitrogens with zero attached hydrogens (tertiary/aromatic N) is 2. The van der Waals surface area contributed by atoms with Crippen LogP contribution in [0.1, 0.15) is 13.8 Å². The average Bonchev–Trinajstić information content (AvgIpc) is 2.72. The van der Waals surface area contributed by atoms with Gasteiger partial charge in [-0.25, -0.2) is 0 Å². The van der Waals surface area contributed by atoms with Crippen molar-refractivity contribution in [2.75, 3.05) is 11.9 Å². The minimum absolute atomic E-state index is 0.122. The first-order chi connectivity index (χ1) is 9.61. The lowest BCUT2D eigenvalue weighted by Crippen LogP contribution is -2.39. The Bertz CT molecular complexity index is 566. The Labute approximate surface area is 122 Å². The molecule has 0 saturated heterocycles. The molecule has 0 bridgehead atoms. The van der Waals surface area contributed by atoms with Crippen LogP contribution in [0.25, 0.3) is 0 Å². The largest absolute Gasteiger partial charge is 0.349 e. The van der Waals surface area contributed by atoms with Gasteiger partial charge in [-0.15, -0.1) is 0 Å². The Balaban J connectivity index is 2.60. The quantitative estimate of drug-likeness (QED) is 0.749. The average molecular weight is 266 g/mol. The fourth-order valence-corrected chi connectivity index (χ4v) is 2.73. The Kier molecular flexibility index (Phi) is 4.14. The molecule has 0 aliphatic carbocycles. The summed E-state index contributed by atoms with van der Waals surface area (Å²) in [6.45, 7) is 12.2. The van der Waals surface area contributed by atoms with E-state index in [4.69, 9.17) is 0 Å². The zero-order valence-corrected chi connectivity index (χ0v) is 12.5. The maximum atomic E-state index is 4.16. The van der Waals surface area contributed by atoms with Crippen LogP contribution in [-0.4, -0.2) is 18.1 Å². The molecule has 1 unspecified atom stereocenters. The molecule has 0 fully saturated rings. The molecule has 1 aromatic rings. The summed E-state index contributed by atoms with van der Waals surface area (Å²) in [7, 11) is 2.09. The van der Waals surface area contributed by atoms with Crippen LogP contribution in [0.2, 0.25) is 0 Å². The van der Waals surface area contributed by atoms with Gasteiger partial charge in [0.15, 0.2) is 0 Å². The lowest BCUT2D eigenvalue weighted by Gasteiger charge is -2.32. The van der Waals surface area contributed by atoms with Crippen LogP contribution in [0, 0.1) is 0 Å². The van der Waals surface area contributed by atoms with E-state index >= 15 is 0 Å².